The molecule has 0 saturated carbocycles. The summed E-state index contributed by atoms with van der Waals surface area (Å²) in [5.74, 6) is 0.507. The first kappa shape index (κ1) is 16.0. The molecule has 0 N–H and O–H groups in total. The van der Waals surface area contributed by atoms with Crippen LogP contribution >= 0.6 is 0 Å². The third kappa shape index (κ3) is 4.28. The molecule has 1 fully saturated rings. The van der Waals surface area contributed by atoms with Crippen LogP contribution in [0.1, 0.15) is 12.0 Å². The van der Waals surface area contributed by atoms with Gasteiger partial charge < -0.3 is 9.64 Å². The number of sulfone groups is 1. The Bertz CT molecular complexity index is 595. The number of hydrogen-bond donors (Lipinski definition) is 0. The van der Waals surface area contributed by atoms with Gasteiger partial charge >= 0.3 is 0 Å². The zero-order valence-corrected chi connectivity index (χ0v) is 13.2. The molecule has 21 heavy (non-hydrogen) atoms. The standard InChI is InChI=1S/C15H21NO4S/c1-20-11-13-7-8-16(10-13)15(17)9-12-3-5-14(6-4-12)21(2,18)19/h3-6,13H,7-11H2,1-2H3/t13-/m1/s1. The maximum atomic E-state index is 12.2. The van der Waals surface area contributed by atoms with E-state index in [4.69, 9.17) is 4.74 Å². The highest BCUT2D eigenvalue weighted by Crippen LogP contribution is 2.18. The number of benzene rings is 1. The van der Waals surface area contributed by atoms with E-state index in [2.05, 4.69) is 0 Å². The van der Waals surface area contributed by atoms with Gasteiger partial charge in [0.2, 0.25) is 5.91 Å². The van der Waals surface area contributed by atoms with Gasteiger partial charge in [-0.15, -0.1) is 0 Å². The van der Waals surface area contributed by atoms with E-state index in [0.29, 0.717) is 18.9 Å². The molecule has 1 aromatic carbocycles. The summed E-state index contributed by atoms with van der Waals surface area (Å²) < 4.78 is 27.9. The van der Waals surface area contributed by atoms with Crippen molar-refractivity contribution in [3.63, 3.8) is 0 Å². The molecule has 0 bridgehead atoms. The number of carbonyl (C=O) groups excluding carboxylic acids is 1. The number of rotatable bonds is 5. The monoisotopic (exact) mass is 311 g/mol. The van der Waals surface area contributed by atoms with E-state index < -0.39 is 9.84 Å². The Morgan fingerprint density at radius 1 is 1.33 bits per heavy atom. The van der Waals surface area contributed by atoms with Crippen molar-refractivity contribution in [1.82, 2.24) is 4.90 Å². The predicted octanol–water partition coefficient (Wildman–Crippen LogP) is 1.13. The maximum absolute atomic E-state index is 12.2. The molecule has 0 aliphatic carbocycles. The number of carbonyl (C=O) groups is 1. The van der Waals surface area contributed by atoms with E-state index in [1.807, 2.05) is 4.90 Å². The highest BCUT2D eigenvalue weighted by atomic mass is 32.2. The van der Waals surface area contributed by atoms with Gasteiger partial charge in [0.05, 0.1) is 17.9 Å². The molecule has 6 heteroatoms. The summed E-state index contributed by atoms with van der Waals surface area (Å²) in [5.41, 5.74) is 0.836. The predicted molar refractivity (Wildman–Crippen MR) is 79.8 cm³/mol. The Morgan fingerprint density at radius 3 is 2.57 bits per heavy atom. The van der Waals surface area contributed by atoms with Crippen LogP contribution in [0.3, 0.4) is 0 Å². The fourth-order valence-corrected chi connectivity index (χ4v) is 3.20. The minimum Gasteiger partial charge on any atom is -0.384 e. The third-order valence-corrected chi connectivity index (χ3v) is 4.88. The average Bonchev–Trinajstić information content (AvgIpc) is 2.87. The second-order valence-corrected chi connectivity index (χ2v) is 7.56. The van der Waals surface area contributed by atoms with Crippen LogP contribution < -0.4 is 0 Å². The van der Waals surface area contributed by atoms with Crippen molar-refractivity contribution in [2.75, 3.05) is 33.1 Å². The average molecular weight is 311 g/mol. The van der Waals surface area contributed by atoms with E-state index in [1.54, 1.807) is 31.4 Å². The molecular weight excluding hydrogens is 290 g/mol. The molecule has 1 aliphatic heterocycles. The molecule has 0 unspecified atom stereocenters. The molecular formula is C15H21NO4S. The van der Waals surface area contributed by atoms with Gasteiger partial charge in [-0.2, -0.15) is 0 Å². The minimum absolute atomic E-state index is 0.0840. The second-order valence-electron chi connectivity index (χ2n) is 5.54. The number of likely N-dealkylation sites (tertiary alicyclic amines) is 1. The van der Waals surface area contributed by atoms with Crippen molar-refractivity contribution < 1.29 is 17.9 Å². The Labute approximate surface area is 125 Å². The topological polar surface area (TPSA) is 63.7 Å². The molecule has 116 valence electrons. The molecule has 1 amide bonds. The third-order valence-electron chi connectivity index (χ3n) is 3.75. The van der Waals surface area contributed by atoms with Crippen LogP contribution in [0.5, 0.6) is 0 Å². The first-order valence-corrected chi connectivity index (χ1v) is 8.85. The van der Waals surface area contributed by atoms with Crippen molar-refractivity contribution in [2.45, 2.75) is 17.7 Å². The van der Waals surface area contributed by atoms with Gasteiger partial charge in [0, 0.05) is 32.4 Å². The first-order chi connectivity index (χ1) is 9.90. The summed E-state index contributed by atoms with van der Waals surface area (Å²) in [6.45, 7) is 2.20. The van der Waals surface area contributed by atoms with Gasteiger partial charge in [-0.05, 0) is 24.1 Å². The second kappa shape index (κ2) is 6.58. The molecule has 2 rings (SSSR count). The lowest BCUT2D eigenvalue weighted by atomic mass is 10.1. The van der Waals surface area contributed by atoms with Crippen molar-refractivity contribution in [3.05, 3.63) is 29.8 Å². The van der Waals surface area contributed by atoms with Crippen molar-refractivity contribution >= 4 is 15.7 Å². The van der Waals surface area contributed by atoms with Gasteiger partial charge in [-0.3, -0.25) is 4.79 Å². The Morgan fingerprint density at radius 2 is 2.00 bits per heavy atom. The van der Waals surface area contributed by atoms with Gasteiger partial charge in [0.15, 0.2) is 9.84 Å². The van der Waals surface area contributed by atoms with Gasteiger partial charge in [0.1, 0.15) is 0 Å². The fourth-order valence-electron chi connectivity index (χ4n) is 2.57. The van der Waals surface area contributed by atoms with Crippen LogP contribution in [0.4, 0.5) is 0 Å². The van der Waals surface area contributed by atoms with Crippen LogP contribution in [0, 0.1) is 5.92 Å². The van der Waals surface area contributed by atoms with Gasteiger partial charge in [-0.25, -0.2) is 8.42 Å². The molecule has 5 nitrogen and oxygen atoms in total. The zero-order chi connectivity index (χ0) is 15.5. The summed E-state index contributed by atoms with van der Waals surface area (Å²) in [5, 5.41) is 0. The molecule has 1 aromatic rings. The quantitative estimate of drug-likeness (QED) is 0.818. The normalized spacial score (nSPS) is 19.0. The fraction of sp³-hybridized carbons (Fsp3) is 0.533. The summed E-state index contributed by atoms with van der Waals surface area (Å²) in [7, 11) is -1.51. The smallest absolute Gasteiger partial charge is 0.227 e. The minimum atomic E-state index is -3.19. The lowest BCUT2D eigenvalue weighted by Crippen LogP contribution is -2.30. The zero-order valence-electron chi connectivity index (χ0n) is 12.4. The van der Waals surface area contributed by atoms with Crippen LogP contribution in [-0.2, 0) is 25.8 Å². The number of amides is 1. The highest BCUT2D eigenvalue weighted by molar-refractivity contribution is 7.90. The molecule has 1 atom stereocenters. The highest BCUT2D eigenvalue weighted by Gasteiger charge is 2.25. The van der Waals surface area contributed by atoms with Crippen molar-refractivity contribution in [2.24, 2.45) is 5.92 Å². The molecule has 0 spiro atoms. The summed E-state index contributed by atoms with van der Waals surface area (Å²) in [6.07, 6.45) is 2.46. The Hall–Kier alpha value is -1.40. The Balaban J connectivity index is 1.94. The maximum Gasteiger partial charge on any atom is 0.227 e. The van der Waals surface area contributed by atoms with Crippen molar-refractivity contribution in [3.8, 4) is 0 Å². The number of ether oxygens (including phenoxy) is 1. The summed E-state index contributed by atoms with van der Waals surface area (Å²) in [4.78, 5) is 14.3. The van der Waals surface area contributed by atoms with Crippen molar-refractivity contribution in [1.29, 1.82) is 0 Å². The van der Waals surface area contributed by atoms with Crippen LogP contribution in [0.2, 0.25) is 0 Å². The van der Waals surface area contributed by atoms with Crippen LogP contribution in [0.25, 0.3) is 0 Å². The van der Waals surface area contributed by atoms with E-state index in [1.165, 1.54) is 6.26 Å². The molecule has 0 aromatic heterocycles. The Kier molecular flexibility index (Phi) is 5.00. The largest absolute Gasteiger partial charge is 0.384 e. The lowest BCUT2D eigenvalue weighted by molar-refractivity contribution is -0.129. The van der Waals surface area contributed by atoms with E-state index in [9.17, 15) is 13.2 Å². The molecule has 0 radical (unpaired) electrons. The summed E-state index contributed by atoms with van der Waals surface area (Å²) >= 11 is 0. The number of hydrogen-bond acceptors (Lipinski definition) is 4. The molecule has 1 saturated heterocycles. The first-order valence-electron chi connectivity index (χ1n) is 6.96. The summed E-state index contributed by atoms with van der Waals surface area (Å²) in [6, 6.07) is 6.51. The van der Waals surface area contributed by atoms with E-state index >= 15 is 0 Å². The van der Waals surface area contributed by atoms with E-state index in [-0.39, 0.29) is 10.8 Å². The van der Waals surface area contributed by atoms with Gasteiger partial charge in [0.25, 0.3) is 0 Å². The van der Waals surface area contributed by atoms with Crippen LogP contribution in [-0.4, -0.2) is 52.3 Å². The van der Waals surface area contributed by atoms with E-state index in [0.717, 1.165) is 25.1 Å². The lowest BCUT2D eigenvalue weighted by Gasteiger charge is -2.16. The number of methoxy groups -OCH3 is 1. The van der Waals surface area contributed by atoms with Crippen LogP contribution in [0.15, 0.2) is 29.2 Å². The van der Waals surface area contributed by atoms with Gasteiger partial charge in [-0.1, -0.05) is 12.1 Å². The molecule has 1 heterocycles. The number of nitrogens with zero attached hydrogens (tertiary/aromatic N) is 1. The molecule has 1 aliphatic rings. The SMILES string of the molecule is COC[C@@H]1CCN(C(=O)Cc2ccc(S(C)(=O)=O)cc2)C1.